The van der Waals surface area contributed by atoms with E-state index in [9.17, 15) is 62.1 Å². The number of phenolic OH excluding ortho intramolecular Hbond substituents is 2. The minimum absolute atomic E-state index is 0.00320. The number of aromatic hydroxyl groups is 2. The number of amides is 12. The highest BCUT2D eigenvalue weighted by Crippen LogP contribution is 2.39. The molecule has 0 aromatic heterocycles. The Balaban J connectivity index is 0.000000160. The quantitative estimate of drug-likeness (QED) is 0.0222. The van der Waals surface area contributed by atoms with Crippen molar-refractivity contribution >= 4 is 117 Å². The molecule has 6 aromatic rings. The number of hydrogen-bond donors (Lipinski definition) is 6. The lowest BCUT2D eigenvalue weighted by molar-refractivity contribution is -0.136. The molecule has 6 N–H and O–H groups in total. The number of imide groups is 3. The second-order valence-corrected chi connectivity index (χ2v) is 40.5. The van der Waals surface area contributed by atoms with Gasteiger partial charge in [0.15, 0.2) is 16.6 Å². The summed E-state index contributed by atoms with van der Waals surface area (Å²) in [6, 6.07) is 34.5. The van der Waals surface area contributed by atoms with Gasteiger partial charge in [0.1, 0.15) is 30.7 Å². The third-order valence-corrected chi connectivity index (χ3v) is 22.1. The van der Waals surface area contributed by atoms with Gasteiger partial charge in [-0.25, -0.2) is 24.2 Å². The first-order valence-corrected chi connectivity index (χ1v) is 40.5. The summed E-state index contributed by atoms with van der Waals surface area (Å²) in [7, 11) is -2.68. The number of halogens is 5. The Labute approximate surface area is 584 Å². The number of urea groups is 3. The molecule has 0 unspecified atom stereocenters. The summed E-state index contributed by atoms with van der Waals surface area (Å²) < 4.78 is 43.6. The van der Waals surface area contributed by atoms with E-state index >= 15 is 0 Å². The molecule has 0 bridgehead atoms. The van der Waals surface area contributed by atoms with E-state index in [1.165, 1.54) is 51.1 Å². The van der Waals surface area contributed by atoms with Crippen molar-refractivity contribution in [2.75, 3.05) is 46.3 Å². The molecule has 3 fully saturated rings. The zero-order chi connectivity index (χ0) is 70.1. The fourth-order valence-electron chi connectivity index (χ4n) is 11.9. The first kappa shape index (κ1) is 71.4. The predicted octanol–water partition coefficient (Wildman–Crippen LogP) is 10.5. The highest BCUT2D eigenvalue weighted by atomic mass is 79.9. The molecular weight excluding hydrogens is 1490 g/mol. The molecule has 510 valence electrons. The van der Waals surface area contributed by atoms with Gasteiger partial charge >= 0.3 is 24.7 Å². The summed E-state index contributed by atoms with van der Waals surface area (Å²) in [5.41, 5.74) is 0.464. The average Bonchev–Trinajstić information content (AvgIpc) is 1.62. The van der Waals surface area contributed by atoms with Crippen LogP contribution < -0.4 is 26.0 Å². The van der Waals surface area contributed by atoms with Gasteiger partial charge in [-0.1, -0.05) is 142 Å². The molecule has 6 aliphatic rings. The minimum Gasteiger partial charge on any atom is -0.508 e. The zero-order valence-electron chi connectivity index (χ0n) is 53.6. The van der Waals surface area contributed by atoms with Gasteiger partial charge in [-0.15, -0.1) is 0 Å². The Hall–Kier alpha value is -8.40. The molecule has 0 radical (unpaired) electrons. The fourth-order valence-corrected chi connectivity index (χ4v) is 14.2. The third-order valence-electron chi connectivity index (χ3n) is 17.2. The predicted molar refractivity (Wildman–Crippen MR) is 366 cm³/mol. The van der Waals surface area contributed by atoms with Gasteiger partial charge in [0.05, 0.1) is 19.6 Å². The summed E-state index contributed by atoms with van der Waals surface area (Å²) in [6.45, 7) is 11.4. The van der Waals surface area contributed by atoms with Crippen LogP contribution in [0.2, 0.25) is 51.4 Å². The van der Waals surface area contributed by atoms with Crippen molar-refractivity contribution in [3.05, 3.63) is 191 Å². The van der Waals surface area contributed by atoms with Gasteiger partial charge in [0.25, 0.3) is 35.4 Å². The number of hydrogen-bond acceptors (Lipinski definition) is 14. The molecular formula is C67H70Br3F2N9O14Si2. The van der Waals surface area contributed by atoms with Crippen LogP contribution in [0.4, 0.5) is 23.2 Å². The second kappa shape index (κ2) is 28.6. The zero-order valence-corrected chi connectivity index (χ0v) is 60.4. The monoisotopic (exact) mass is 1560 g/mol. The number of carbonyl (C=O) groups excluding carboxylic acids is 9. The van der Waals surface area contributed by atoms with Gasteiger partial charge < -0.3 is 55.1 Å². The van der Waals surface area contributed by atoms with Crippen LogP contribution in [0, 0.1) is 0 Å². The van der Waals surface area contributed by atoms with E-state index in [2.05, 4.69) is 113 Å². The molecule has 97 heavy (non-hydrogen) atoms. The highest BCUT2D eigenvalue weighted by Gasteiger charge is 2.57. The maximum Gasteiger partial charge on any atom is 0.387 e. The number of alkyl halides is 2. The lowest BCUT2D eigenvalue weighted by Crippen LogP contribution is -2.53. The summed E-state index contributed by atoms with van der Waals surface area (Å²) in [6.07, 6.45) is 0. The molecule has 0 spiro atoms. The molecule has 30 heteroatoms. The first-order valence-electron chi connectivity index (χ1n) is 30.7. The SMILES string of the molecule is C[Si](C)(C)CCOCN1C(=O)N[C@@](CN2Cc3ccc(O)cc3C2=O)(c2ccc(Br)cc2)C1=O.C[Si](C)(C)CCOCN1C(=O)N[C@@](CN2Cc3ccc(OC(F)F)cc3C2=O)(c2ccc(Br)cc2)C1=O.O=C1NC(=O)[C@](CN2Cc3ccc(O)cc3C2=O)(c2ccc(Br)cc2)N1. The van der Waals surface area contributed by atoms with Gasteiger partial charge in [0, 0.05) is 79.1 Å². The standard InChI is InChI=1S/C25H28BrF2N3O5Si.C24H28BrN3O5Si.C18H14BrN3O4/c1-37(2,3)11-10-35-15-31-22(33)25(29-24(31)34,17-5-7-18(26)8-6-17)14-30-13-16-4-9-19(36-23(27)28)12-20(16)21(30)32;1-34(2,3)11-10-33-15-28-22(31)24(26-23(28)32,17-5-7-18(25)8-6-17)14-27-13-16-4-9-19(29)12-20(16)21(27)30;19-12-4-2-11(3-5-12)18(16(25)20-17(26)21-18)9-22-8-10-1-6-13(23)7-14(10)15(22)24/h4-9,12,23H,10-11,13-15H2,1-3H3,(H,29,34);4-9,12,29H,10-11,13-15H2,1-3H3,(H,26,32);1-7,23H,8-9H2,(H2,20,21,25,26)/t25-;24-;18-/m000/s1. The van der Waals surface area contributed by atoms with Crippen LogP contribution in [-0.2, 0) is 60.1 Å². The van der Waals surface area contributed by atoms with Gasteiger partial charge in [-0.05, 0) is 118 Å². The van der Waals surface area contributed by atoms with Gasteiger partial charge in [-0.3, -0.25) is 34.1 Å². The van der Waals surface area contributed by atoms with E-state index in [0.717, 1.165) is 46.4 Å². The molecule has 3 atom stereocenters. The van der Waals surface area contributed by atoms with Crippen molar-refractivity contribution in [3.8, 4) is 17.2 Å². The second-order valence-electron chi connectivity index (χ2n) is 26.5. The Morgan fingerprint density at radius 2 is 0.835 bits per heavy atom. The summed E-state index contributed by atoms with van der Waals surface area (Å²) in [5.74, 6) is -2.64. The van der Waals surface area contributed by atoms with Gasteiger partial charge in [-0.2, -0.15) is 8.78 Å². The van der Waals surface area contributed by atoms with Crippen LogP contribution in [0.25, 0.3) is 0 Å². The van der Waals surface area contributed by atoms with Crippen molar-refractivity contribution < 1.29 is 76.4 Å². The number of ether oxygens (including phenoxy) is 3. The van der Waals surface area contributed by atoms with E-state index in [0.29, 0.717) is 53.1 Å². The smallest absolute Gasteiger partial charge is 0.387 e. The number of phenols is 2. The number of benzene rings is 6. The van der Waals surface area contributed by atoms with Crippen LogP contribution in [-0.4, -0.2) is 157 Å². The van der Waals surface area contributed by atoms with Crippen molar-refractivity contribution in [1.82, 2.24) is 45.8 Å². The molecule has 3 saturated heterocycles. The first-order chi connectivity index (χ1) is 45.8. The van der Waals surface area contributed by atoms with Crippen LogP contribution in [0.3, 0.4) is 0 Å². The number of nitrogens with zero attached hydrogens (tertiary/aromatic N) is 5. The topological polar surface area (TPSA) is 286 Å². The molecule has 6 aromatic carbocycles. The molecule has 23 nitrogen and oxygen atoms in total. The van der Waals surface area contributed by atoms with E-state index in [1.54, 1.807) is 91.0 Å². The van der Waals surface area contributed by atoms with E-state index in [4.69, 9.17) is 9.47 Å². The number of fused-ring (bicyclic) bond motifs is 3. The Morgan fingerprint density at radius 1 is 0.485 bits per heavy atom. The molecule has 0 aliphatic carbocycles. The average molecular weight is 1560 g/mol. The summed E-state index contributed by atoms with van der Waals surface area (Å²) >= 11 is 10.1. The lowest BCUT2D eigenvalue weighted by atomic mass is 9.89. The normalized spacial score (nSPS) is 20.3. The van der Waals surface area contributed by atoms with Crippen LogP contribution in [0.15, 0.2) is 141 Å². The van der Waals surface area contributed by atoms with Gasteiger partial charge in [0.2, 0.25) is 0 Å². The Morgan fingerprint density at radius 3 is 1.19 bits per heavy atom. The maximum absolute atomic E-state index is 13.8. The number of rotatable bonds is 21. The summed E-state index contributed by atoms with van der Waals surface area (Å²) in [5, 5.41) is 30.0. The van der Waals surface area contributed by atoms with Crippen LogP contribution in [0.1, 0.15) is 64.5 Å². The Bertz CT molecular complexity index is 4110. The highest BCUT2D eigenvalue weighted by molar-refractivity contribution is 9.11. The van der Waals surface area contributed by atoms with E-state index < -0.39 is 81.1 Å². The number of carbonyl (C=O) groups is 9. The molecule has 12 rings (SSSR count). The Kier molecular flexibility index (Phi) is 21.0. The lowest BCUT2D eigenvalue weighted by Gasteiger charge is -2.32. The largest absolute Gasteiger partial charge is 0.508 e. The number of nitrogens with one attached hydrogen (secondary N) is 4. The van der Waals surface area contributed by atoms with Crippen LogP contribution >= 0.6 is 47.8 Å². The van der Waals surface area contributed by atoms with Crippen LogP contribution in [0.5, 0.6) is 17.2 Å². The minimum atomic E-state index is -3.02. The maximum atomic E-state index is 13.8. The van der Waals surface area contributed by atoms with Crippen molar-refractivity contribution in [2.45, 2.75) is 94.2 Å². The molecule has 6 heterocycles. The van der Waals surface area contributed by atoms with Crippen molar-refractivity contribution in [1.29, 1.82) is 0 Å². The summed E-state index contributed by atoms with van der Waals surface area (Å²) in [4.78, 5) is 123. The van der Waals surface area contributed by atoms with Crippen molar-refractivity contribution in [2.24, 2.45) is 0 Å². The third kappa shape index (κ3) is 15.6. The van der Waals surface area contributed by atoms with E-state index in [-0.39, 0.29) is 80.8 Å². The van der Waals surface area contributed by atoms with E-state index in [1.807, 2.05) is 0 Å². The molecule has 6 aliphatic heterocycles. The fraction of sp³-hybridized carbons (Fsp3) is 0.328. The molecule has 0 saturated carbocycles. The van der Waals surface area contributed by atoms with Crippen molar-refractivity contribution in [3.63, 3.8) is 0 Å². The molecule has 12 amide bonds.